The Balaban J connectivity index is 1.95. The number of allylic oxidation sites excluding steroid dienone is 2. The zero-order chi connectivity index (χ0) is 30.7. The Morgan fingerprint density at radius 1 is 1.12 bits per heavy atom. The minimum absolute atomic E-state index is 0.00742. The molecular formula is C32H48N2O8. The van der Waals surface area contributed by atoms with Gasteiger partial charge in [-0.2, -0.15) is 0 Å². The van der Waals surface area contributed by atoms with Gasteiger partial charge in [-0.05, 0) is 75.3 Å². The third-order valence-electron chi connectivity index (χ3n) is 7.57. The number of aliphatic hydroxyl groups is 2. The van der Waals surface area contributed by atoms with Crippen LogP contribution in [-0.2, 0) is 25.6 Å². The number of nitrogens with one attached hydrogen (secondary N) is 1. The highest BCUT2D eigenvalue weighted by Gasteiger charge is 2.39. The van der Waals surface area contributed by atoms with Crippen molar-refractivity contribution in [1.82, 2.24) is 5.32 Å². The summed E-state index contributed by atoms with van der Waals surface area (Å²) in [7, 11) is 0. The topological polar surface area (TPSA) is 148 Å². The molecule has 6 atom stereocenters. The molecule has 42 heavy (non-hydrogen) atoms. The van der Waals surface area contributed by atoms with E-state index in [4.69, 9.17) is 4.74 Å². The minimum Gasteiger partial charge on any atom is -0.458 e. The molecule has 10 heteroatoms. The van der Waals surface area contributed by atoms with E-state index in [0.29, 0.717) is 45.1 Å². The van der Waals surface area contributed by atoms with Crippen LogP contribution in [-0.4, -0.2) is 58.6 Å². The van der Waals surface area contributed by atoms with E-state index < -0.39 is 23.4 Å². The maximum atomic E-state index is 12.7. The van der Waals surface area contributed by atoms with E-state index in [1.54, 1.807) is 0 Å². The van der Waals surface area contributed by atoms with Crippen molar-refractivity contribution in [1.29, 1.82) is 0 Å². The van der Waals surface area contributed by atoms with Gasteiger partial charge in [-0.3, -0.25) is 9.59 Å². The van der Waals surface area contributed by atoms with Crippen LogP contribution in [0.5, 0.6) is 0 Å². The summed E-state index contributed by atoms with van der Waals surface area (Å²) in [6, 6.07) is 9.91. The molecule has 2 rings (SSSR count). The van der Waals surface area contributed by atoms with Crippen molar-refractivity contribution >= 4 is 11.9 Å². The third kappa shape index (κ3) is 14.1. The molecule has 0 heterocycles. The van der Waals surface area contributed by atoms with E-state index in [0.717, 1.165) is 18.4 Å². The number of hydrogen-bond acceptors (Lipinski definition) is 8. The number of aryl methyl sites for hydroxylation is 1. The summed E-state index contributed by atoms with van der Waals surface area (Å²) in [5, 5.41) is 33.7. The number of hydrogen-bond donors (Lipinski definition) is 3. The fourth-order valence-electron chi connectivity index (χ4n) is 5.24. The Morgan fingerprint density at radius 3 is 2.60 bits per heavy atom. The predicted octanol–water partition coefficient (Wildman–Crippen LogP) is 4.71. The number of carbonyl (C=O) groups excluding carboxylic acids is 2. The number of rotatable bonds is 20. The molecule has 0 radical (unpaired) electrons. The molecule has 1 fully saturated rings. The molecule has 234 valence electrons. The van der Waals surface area contributed by atoms with Gasteiger partial charge in [0.1, 0.15) is 6.10 Å². The van der Waals surface area contributed by atoms with Crippen molar-refractivity contribution in [3.05, 3.63) is 70.3 Å². The first-order chi connectivity index (χ1) is 20.2. The number of ether oxygens (including phenoxy) is 1. The first-order valence-corrected chi connectivity index (χ1v) is 15.2. The molecular weight excluding hydrogens is 540 g/mol. The van der Waals surface area contributed by atoms with Gasteiger partial charge in [-0.15, -0.1) is 10.1 Å². The molecule has 3 N–H and O–H groups in total. The summed E-state index contributed by atoms with van der Waals surface area (Å²) in [4.78, 5) is 39.0. The van der Waals surface area contributed by atoms with Gasteiger partial charge in [-0.1, -0.05) is 55.5 Å². The van der Waals surface area contributed by atoms with Gasteiger partial charge in [0, 0.05) is 31.7 Å². The lowest BCUT2D eigenvalue weighted by molar-refractivity contribution is -0.759. The molecule has 1 amide bonds. The first kappa shape index (κ1) is 35.0. The van der Waals surface area contributed by atoms with E-state index in [1.165, 1.54) is 0 Å². The highest BCUT2D eigenvalue weighted by atomic mass is 16.9. The Kier molecular flexibility index (Phi) is 16.5. The maximum absolute atomic E-state index is 12.7. The first-order valence-electron chi connectivity index (χ1n) is 15.2. The summed E-state index contributed by atoms with van der Waals surface area (Å²) >= 11 is 0. The fraction of sp³-hybridized carbons (Fsp3) is 0.625. The number of amides is 1. The molecule has 10 nitrogen and oxygen atoms in total. The Labute approximate surface area is 249 Å². The highest BCUT2D eigenvalue weighted by Crippen LogP contribution is 2.36. The van der Waals surface area contributed by atoms with Crippen LogP contribution in [0.15, 0.2) is 54.6 Å². The van der Waals surface area contributed by atoms with Gasteiger partial charge >= 0.3 is 5.97 Å². The molecule has 0 spiro atoms. The van der Waals surface area contributed by atoms with E-state index in [2.05, 4.69) is 10.2 Å². The Morgan fingerprint density at radius 2 is 1.88 bits per heavy atom. The van der Waals surface area contributed by atoms with Crippen LogP contribution in [0.4, 0.5) is 0 Å². The van der Waals surface area contributed by atoms with Gasteiger partial charge in [0.05, 0.1) is 18.8 Å². The van der Waals surface area contributed by atoms with Gasteiger partial charge in [-0.25, -0.2) is 0 Å². The molecule has 1 aromatic rings. The Hall–Kier alpha value is -3.24. The second-order valence-corrected chi connectivity index (χ2v) is 11.1. The van der Waals surface area contributed by atoms with E-state index in [1.807, 2.05) is 68.5 Å². The van der Waals surface area contributed by atoms with Crippen LogP contribution in [0.25, 0.3) is 0 Å². The zero-order valence-corrected chi connectivity index (χ0v) is 24.9. The zero-order valence-electron chi connectivity index (χ0n) is 24.9. The molecule has 1 aromatic carbocycles. The van der Waals surface area contributed by atoms with Gasteiger partial charge in [0.2, 0.25) is 5.91 Å². The van der Waals surface area contributed by atoms with Crippen molar-refractivity contribution < 1.29 is 34.5 Å². The van der Waals surface area contributed by atoms with Crippen molar-refractivity contribution in [2.45, 2.75) is 96.4 Å². The lowest BCUT2D eigenvalue weighted by atomic mass is 9.89. The maximum Gasteiger partial charge on any atom is 0.306 e. The third-order valence-corrected chi connectivity index (χ3v) is 7.57. The Bertz CT molecular complexity index is 999. The van der Waals surface area contributed by atoms with Crippen molar-refractivity contribution in [2.75, 3.05) is 13.2 Å². The summed E-state index contributed by atoms with van der Waals surface area (Å²) in [6.45, 7) is 4.34. The smallest absolute Gasteiger partial charge is 0.306 e. The van der Waals surface area contributed by atoms with E-state index in [9.17, 15) is 29.9 Å². The molecule has 1 saturated carbocycles. The van der Waals surface area contributed by atoms with Crippen LogP contribution in [0.2, 0.25) is 0 Å². The van der Waals surface area contributed by atoms with E-state index >= 15 is 0 Å². The van der Waals surface area contributed by atoms with Gasteiger partial charge < -0.3 is 25.1 Å². The van der Waals surface area contributed by atoms with Gasteiger partial charge in [0.25, 0.3) is 5.09 Å². The molecule has 0 aromatic heterocycles. The van der Waals surface area contributed by atoms with Gasteiger partial charge in [0.15, 0.2) is 0 Å². The second-order valence-electron chi connectivity index (χ2n) is 11.1. The fourth-order valence-corrected chi connectivity index (χ4v) is 5.24. The quantitative estimate of drug-likeness (QED) is 0.0652. The summed E-state index contributed by atoms with van der Waals surface area (Å²) in [5.74, 6) is -0.799. The van der Waals surface area contributed by atoms with E-state index in [-0.39, 0.29) is 49.1 Å². The monoisotopic (exact) mass is 588 g/mol. The number of aliphatic hydroxyl groups excluding tert-OH is 2. The van der Waals surface area contributed by atoms with Crippen LogP contribution in [0, 0.1) is 27.9 Å². The average molecular weight is 589 g/mol. The molecule has 1 aliphatic carbocycles. The molecule has 0 bridgehead atoms. The van der Waals surface area contributed by atoms with Crippen LogP contribution < -0.4 is 5.32 Å². The summed E-state index contributed by atoms with van der Waals surface area (Å²) in [6.07, 6.45) is 11.4. The minimum atomic E-state index is -0.813. The van der Waals surface area contributed by atoms with Crippen molar-refractivity contribution in [2.24, 2.45) is 17.8 Å². The summed E-state index contributed by atoms with van der Waals surface area (Å²) < 4.78 is 5.82. The lowest BCUT2D eigenvalue weighted by Crippen LogP contribution is -2.22. The molecule has 1 aliphatic rings. The lowest BCUT2D eigenvalue weighted by Gasteiger charge is -2.21. The highest BCUT2D eigenvalue weighted by molar-refractivity contribution is 5.75. The standard InChI is InChI=1S/C32H48N2O8/c1-3-33-31(37)16-10-5-4-9-15-27-28(30(36)22-29(27)35)21-20-26(19-18-25-13-7-6-8-14-25)42-32(38)17-11-12-24(2)23-41-34(39)40/h4,6-9,13-14,20-21,24,26-30,35-36H,3,5,10-12,15-19,22-23H2,1-2H3,(H,33,37)/b9-4-,21-20+/t24-,26+,27-,28-,29+,30-/m1/s1. The summed E-state index contributed by atoms with van der Waals surface area (Å²) in [5.41, 5.74) is 1.12. The SMILES string of the molecule is CCNC(=O)CCC/C=C\C[C@@H]1[C@@H](/C=C/[C@H](CCc2ccccc2)OC(=O)CCC[C@@H](C)CO[N+](=O)[O-])[C@H](O)C[C@@H]1O. The molecule has 0 unspecified atom stereocenters. The molecule has 0 aliphatic heterocycles. The van der Waals surface area contributed by atoms with Crippen LogP contribution in [0.1, 0.15) is 77.2 Å². The largest absolute Gasteiger partial charge is 0.458 e. The number of nitrogens with zero attached hydrogens (tertiary/aromatic N) is 1. The average Bonchev–Trinajstić information content (AvgIpc) is 3.22. The number of benzene rings is 1. The number of carbonyl (C=O) groups is 2. The van der Waals surface area contributed by atoms with Crippen LogP contribution >= 0.6 is 0 Å². The normalized spacial score (nSPS) is 21.8. The van der Waals surface area contributed by atoms with Crippen molar-refractivity contribution in [3.63, 3.8) is 0 Å². The van der Waals surface area contributed by atoms with Crippen molar-refractivity contribution in [3.8, 4) is 0 Å². The molecule has 0 saturated heterocycles. The number of esters is 1. The second kappa shape index (κ2) is 19.8. The van der Waals surface area contributed by atoms with Crippen LogP contribution in [0.3, 0.4) is 0 Å². The number of unbranched alkanes of at least 4 members (excludes halogenated alkanes) is 1. The predicted molar refractivity (Wildman–Crippen MR) is 160 cm³/mol.